The summed E-state index contributed by atoms with van der Waals surface area (Å²) in [6.07, 6.45) is 2.29. The predicted octanol–water partition coefficient (Wildman–Crippen LogP) is 4.48. The quantitative estimate of drug-likeness (QED) is 0.696. The van der Waals surface area contributed by atoms with Gasteiger partial charge in [-0.15, -0.1) is 13.2 Å². The minimum Gasteiger partial charge on any atom is -0.410 e. The van der Waals surface area contributed by atoms with Gasteiger partial charge in [-0.2, -0.15) is 0 Å². The fraction of sp³-hybridized carbons (Fsp3) is 0.500. The van der Waals surface area contributed by atoms with Crippen LogP contribution in [0.1, 0.15) is 33.1 Å². The first-order valence-electron chi connectivity index (χ1n) is 5.30. The zero-order valence-corrected chi connectivity index (χ0v) is 9.40. The smallest absolute Gasteiger partial charge is 0.410 e. The van der Waals surface area contributed by atoms with Crippen LogP contribution < -0.4 is 0 Å². The van der Waals surface area contributed by atoms with Gasteiger partial charge in [-0.1, -0.05) is 31.6 Å². The average Bonchev–Trinajstić information content (AvgIpc) is 2.37. The van der Waals surface area contributed by atoms with Gasteiger partial charge < -0.3 is 4.74 Å². The van der Waals surface area contributed by atoms with Crippen molar-refractivity contribution in [2.24, 2.45) is 0 Å². The normalized spacial score (nSPS) is 17.2. The number of rotatable bonds is 3. The van der Waals surface area contributed by atoms with Crippen molar-refractivity contribution in [3.05, 3.63) is 35.1 Å². The zero-order chi connectivity index (χ0) is 12.2. The van der Waals surface area contributed by atoms with E-state index in [-0.39, 0.29) is 12.2 Å². The van der Waals surface area contributed by atoms with E-state index in [4.69, 9.17) is 0 Å². The van der Waals surface area contributed by atoms with Crippen molar-refractivity contribution in [2.75, 3.05) is 0 Å². The van der Waals surface area contributed by atoms with E-state index in [1.165, 1.54) is 6.08 Å². The Morgan fingerprint density at radius 1 is 1.12 bits per heavy atom. The van der Waals surface area contributed by atoms with Gasteiger partial charge in [0.05, 0.1) is 0 Å². The van der Waals surface area contributed by atoms with Crippen molar-refractivity contribution in [2.45, 2.75) is 39.5 Å². The van der Waals surface area contributed by atoms with Crippen LogP contribution in [-0.2, 0) is 4.74 Å². The summed E-state index contributed by atoms with van der Waals surface area (Å²) in [7, 11) is 0. The third-order valence-corrected chi connectivity index (χ3v) is 2.35. The number of hydrogen-bond donors (Lipinski definition) is 0. The van der Waals surface area contributed by atoms with E-state index in [9.17, 15) is 13.2 Å². The van der Waals surface area contributed by atoms with Gasteiger partial charge in [0.2, 0.25) is 0 Å². The molecular weight excluding hydrogens is 217 g/mol. The fourth-order valence-electron chi connectivity index (χ4n) is 1.51. The Labute approximate surface area is 93.3 Å². The minimum absolute atomic E-state index is 0.0379. The van der Waals surface area contributed by atoms with E-state index in [1.54, 1.807) is 6.08 Å². The largest absolute Gasteiger partial charge is 0.572 e. The Morgan fingerprint density at radius 3 is 2.25 bits per heavy atom. The maximum atomic E-state index is 12.1. The van der Waals surface area contributed by atoms with E-state index in [0.717, 1.165) is 17.6 Å². The number of halogens is 3. The molecule has 0 aliphatic heterocycles. The van der Waals surface area contributed by atoms with Crippen LogP contribution in [0, 0.1) is 0 Å². The molecule has 0 unspecified atom stereocenters. The van der Waals surface area contributed by atoms with E-state index in [1.807, 2.05) is 19.9 Å². The number of allylic oxidation sites excluding steroid dienone is 5. The van der Waals surface area contributed by atoms with Crippen molar-refractivity contribution in [3.8, 4) is 0 Å². The van der Waals surface area contributed by atoms with Crippen molar-refractivity contribution >= 4 is 0 Å². The molecular formula is C12H15F3O. The molecule has 0 aromatic carbocycles. The van der Waals surface area contributed by atoms with Crippen molar-refractivity contribution in [1.82, 2.24) is 0 Å². The summed E-state index contributed by atoms with van der Waals surface area (Å²) < 4.78 is 40.2. The molecule has 0 fully saturated rings. The molecule has 1 nitrogen and oxygen atoms in total. The lowest BCUT2D eigenvalue weighted by Crippen LogP contribution is -2.12. The van der Waals surface area contributed by atoms with Crippen LogP contribution in [0.3, 0.4) is 0 Å². The van der Waals surface area contributed by atoms with Gasteiger partial charge in [0.25, 0.3) is 0 Å². The van der Waals surface area contributed by atoms with Gasteiger partial charge in [0.15, 0.2) is 0 Å². The van der Waals surface area contributed by atoms with Crippen LogP contribution >= 0.6 is 0 Å². The minimum atomic E-state index is -4.60. The second-order valence-corrected chi connectivity index (χ2v) is 3.57. The lowest BCUT2D eigenvalue weighted by Gasteiger charge is -2.10. The summed E-state index contributed by atoms with van der Waals surface area (Å²) in [4.78, 5) is 0. The molecule has 1 aliphatic rings. The molecule has 1 rings (SSSR count). The van der Waals surface area contributed by atoms with E-state index in [0.29, 0.717) is 6.42 Å². The molecule has 0 radical (unpaired) electrons. The summed E-state index contributed by atoms with van der Waals surface area (Å²) in [5.41, 5.74) is 1.92. The number of alkyl halides is 3. The highest BCUT2D eigenvalue weighted by Gasteiger charge is 2.32. The van der Waals surface area contributed by atoms with Gasteiger partial charge in [0, 0.05) is 6.42 Å². The third kappa shape index (κ3) is 4.13. The zero-order valence-electron chi connectivity index (χ0n) is 9.40. The third-order valence-electron chi connectivity index (χ3n) is 2.35. The van der Waals surface area contributed by atoms with E-state index < -0.39 is 6.36 Å². The lowest BCUT2D eigenvalue weighted by atomic mass is 10.1. The van der Waals surface area contributed by atoms with Crippen LogP contribution in [0.5, 0.6) is 0 Å². The molecule has 0 saturated heterocycles. The molecule has 0 spiro atoms. The first-order valence-corrected chi connectivity index (χ1v) is 5.30. The average molecular weight is 232 g/mol. The van der Waals surface area contributed by atoms with Gasteiger partial charge in [0.1, 0.15) is 5.76 Å². The van der Waals surface area contributed by atoms with Crippen LogP contribution in [0.25, 0.3) is 0 Å². The first kappa shape index (κ1) is 12.9. The highest BCUT2D eigenvalue weighted by atomic mass is 19.4. The Bertz CT molecular complexity index is 335. The molecule has 16 heavy (non-hydrogen) atoms. The van der Waals surface area contributed by atoms with Gasteiger partial charge in [-0.05, 0) is 24.5 Å². The van der Waals surface area contributed by atoms with E-state index >= 15 is 0 Å². The molecule has 90 valence electrons. The van der Waals surface area contributed by atoms with Crippen LogP contribution in [-0.4, -0.2) is 6.36 Å². The van der Waals surface area contributed by atoms with Crippen molar-refractivity contribution < 1.29 is 17.9 Å². The molecule has 0 aromatic heterocycles. The lowest BCUT2D eigenvalue weighted by molar-refractivity contribution is -0.306. The van der Waals surface area contributed by atoms with Crippen LogP contribution in [0.15, 0.2) is 35.1 Å². The van der Waals surface area contributed by atoms with E-state index in [2.05, 4.69) is 4.74 Å². The summed E-state index contributed by atoms with van der Waals surface area (Å²) in [5, 5.41) is 0. The molecule has 0 N–H and O–H groups in total. The molecule has 0 aromatic rings. The Kier molecular flexibility index (Phi) is 4.21. The SMILES string of the molecule is CCC1=CCC(OC(F)(F)F)=CC(CC)=C1. The molecule has 0 saturated carbocycles. The predicted molar refractivity (Wildman–Crippen MR) is 56.6 cm³/mol. The van der Waals surface area contributed by atoms with Crippen LogP contribution in [0.2, 0.25) is 0 Å². The Balaban J connectivity index is 2.86. The second kappa shape index (κ2) is 5.23. The molecule has 0 atom stereocenters. The molecule has 4 heteroatoms. The highest BCUT2D eigenvalue weighted by molar-refractivity contribution is 5.35. The monoisotopic (exact) mass is 232 g/mol. The first-order chi connectivity index (χ1) is 7.44. The molecule has 0 heterocycles. The maximum absolute atomic E-state index is 12.1. The summed E-state index contributed by atoms with van der Waals surface area (Å²) >= 11 is 0. The van der Waals surface area contributed by atoms with Crippen LogP contribution in [0.4, 0.5) is 13.2 Å². The summed E-state index contributed by atoms with van der Waals surface area (Å²) in [6.45, 7) is 3.89. The fourth-order valence-corrected chi connectivity index (χ4v) is 1.51. The van der Waals surface area contributed by atoms with Crippen molar-refractivity contribution in [1.29, 1.82) is 0 Å². The summed E-state index contributed by atoms with van der Waals surface area (Å²) in [5.74, 6) is -0.0379. The van der Waals surface area contributed by atoms with Gasteiger partial charge in [-0.25, -0.2) is 0 Å². The molecule has 0 bridgehead atoms. The maximum Gasteiger partial charge on any atom is 0.572 e. The van der Waals surface area contributed by atoms with Gasteiger partial charge >= 0.3 is 6.36 Å². The Morgan fingerprint density at radius 2 is 1.75 bits per heavy atom. The topological polar surface area (TPSA) is 9.23 Å². The summed E-state index contributed by atoms with van der Waals surface area (Å²) in [6, 6.07) is 0. The second-order valence-electron chi connectivity index (χ2n) is 3.57. The molecule has 0 amide bonds. The van der Waals surface area contributed by atoms with Crippen molar-refractivity contribution in [3.63, 3.8) is 0 Å². The number of hydrogen-bond acceptors (Lipinski definition) is 1. The highest BCUT2D eigenvalue weighted by Crippen LogP contribution is 2.27. The standard InChI is InChI=1S/C12H15F3O/c1-3-9-5-6-11(16-12(13,14)15)8-10(4-2)7-9/h5,7-8H,3-4,6H2,1-2H3. The Hall–Kier alpha value is -1.19. The van der Waals surface area contributed by atoms with Gasteiger partial charge in [-0.3, -0.25) is 0 Å². The number of ether oxygens (including phenoxy) is 1. The molecule has 1 aliphatic carbocycles.